The van der Waals surface area contributed by atoms with Crippen molar-refractivity contribution in [1.82, 2.24) is 9.47 Å². The molecule has 3 heterocycles. The SMILES string of the molecule is O=c1cccc2n1CC1CC2CN(CC(O)c2ccc([NH+]([O-])O)cc2)C1. The Morgan fingerprint density at radius 2 is 1.92 bits per heavy atom. The Morgan fingerprint density at radius 1 is 1.15 bits per heavy atom. The summed E-state index contributed by atoms with van der Waals surface area (Å²) in [4.78, 5) is 14.3. The van der Waals surface area contributed by atoms with Gasteiger partial charge in [-0.1, -0.05) is 18.2 Å². The van der Waals surface area contributed by atoms with Crippen LogP contribution in [0.1, 0.15) is 29.7 Å². The average Bonchev–Trinajstić information content (AvgIpc) is 2.62. The molecule has 1 aromatic heterocycles. The van der Waals surface area contributed by atoms with Crippen LogP contribution >= 0.6 is 0 Å². The summed E-state index contributed by atoms with van der Waals surface area (Å²) in [6, 6.07) is 11.9. The predicted molar refractivity (Wildman–Crippen MR) is 95.2 cm³/mol. The van der Waals surface area contributed by atoms with E-state index in [0.29, 0.717) is 18.4 Å². The molecule has 4 unspecified atom stereocenters. The lowest BCUT2D eigenvalue weighted by Crippen LogP contribution is -2.99. The van der Waals surface area contributed by atoms with Gasteiger partial charge in [0, 0.05) is 56.0 Å². The zero-order valence-corrected chi connectivity index (χ0v) is 14.4. The molecule has 2 aromatic rings. The number of aliphatic hydroxyl groups excluding tert-OH is 1. The third kappa shape index (κ3) is 3.32. The highest BCUT2D eigenvalue weighted by Crippen LogP contribution is 2.35. The Balaban J connectivity index is 1.46. The normalized spacial score (nSPS) is 24.7. The summed E-state index contributed by atoms with van der Waals surface area (Å²) in [7, 11) is 0. The van der Waals surface area contributed by atoms with Crippen molar-refractivity contribution in [2.45, 2.75) is 25.0 Å². The fraction of sp³-hybridized carbons (Fsp3) is 0.421. The fourth-order valence-electron chi connectivity index (χ4n) is 4.34. The summed E-state index contributed by atoms with van der Waals surface area (Å²) in [5, 5.41) is 29.5. The second kappa shape index (κ2) is 6.94. The number of benzene rings is 1. The number of nitrogens with one attached hydrogen (secondary N) is 1. The third-order valence-electron chi connectivity index (χ3n) is 5.53. The second-order valence-electron chi connectivity index (χ2n) is 7.36. The van der Waals surface area contributed by atoms with E-state index in [2.05, 4.69) is 4.90 Å². The van der Waals surface area contributed by atoms with Gasteiger partial charge in [-0.25, -0.2) is 5.21 Å². The zero-order valence-electron chi connectivity index (χ0n) is 14.4. The molecule has 2 bridgehead atoms. The molecule has 0 radical (unpaired) electrons. The average molecular weight is 357 g/mol. The number of aliphatic hydroxyl groups is 1. The smallest absolute Gasteiger partial charge is 0.250 e. The molecule has 0 amide bonds. The van der Waals surface area contributed by atoms with Gasteiger partial charge in [0.1, 0.15) is 0 Å². The Morgan fingerprint density at radius 3 is 2.65 bits per heavy atom. The summed E-state index contributed by atoms with van der Waals surface area (Å²) in [5.74, 6) is 0.737. The number of β-amino-alcohol motifs (C(OH)–C–C–N with tert-alkyl or cyclic N) is 1. The number of pyridine rings is 1. The van der Waals surface area contributed by atoms with E-state index in [1.807, 2.05) is 16.7 Å². The molecular formula is C19H23N3O4. The van der Waals surface area contributed by atoms with Crippen molar-refractivity contribution in [3.63, 3.8) is 0 Å². The van der Waals surface area contributed by atoms with Crippen LogP contribution in [-0.4, -0.2) is 39.4 Å². The van der Waals surface area contributed by atoms with E-state index in [0.717, 1.165) is 37.3 Å². The molecule has 1 saturated heterocycles. The number of aromatic nitrogens is 1. The van der Waals surface area contributed by atoms with Crippen molar-refractivity contribution in [1.29, 1.82) is 0 Å². The summed E-state index contributed by atoms with van der Waals surface area (Å²) in [6.45, 7) is 2.94. The van der Waals surface area contributed by atoms with Crippen LogP contribution in [0.5, 0.6) is 0 Å². The van der Waals surface area contributed by atoms with E-state index >= 15 is 0 Å². The van der Waals surface area contributed by atoms with Crippen molar-refractivity contribution in [3.8, 4) is 0 Å². The maximum Gasteiger partial charge on any atom is 0.250 e. The van der Waals surface area contributed by atoms with Crippen LogP contribution in [0.3, 0.4) is 0 Å². The lowest BCUT2D eigenvalue weighted by atomic mass is 9.83. The van der Waals surface area contributed by atoms with Crippen LogP contribution in [0.4, 0.5) is 5.69 Å². The van der Waals surface area contributed by atoms with E-state index in [4.69, 9.17) is 5.21 Å². The van der Waals surface area contributed by atoms with Gasteiger partial charge in [0.25, 0.3) is 5.56 Å². The number of piperidine rings is 1. The highest BCUT2D eigenvalue weighted by atomic mass is 16.8. The highest BCUT2D eigenvalue weighted by molar-refractivity contribution is 5.33. The number of fused-ring (bicyclic) bond motifs is 4. The van der Waals surface area contributed by atoms with Crippen LogP contribution in [0.25, 0.3) is 0 Å². The first-order valence-corrected chi connectivity index (χ1v) is 8.94. The largest absolute Gasteiger partial charge is 0.595 e. The molecule has 7 heteroatoms. The minimum Gasteiger partial charge on any atom is -0.595 e. The van der Waals surface area contributed by atoms with Crippen LogP contribution in [0.15, 0.2) is 47.3 Å². The predicted octanol–water partition coefficient (Wildman–Crippen LogP) is 0.404. The third-order valence-corrected chi connectivity index (χ3v) is 5.53. The minimum atomic E-state index is -0.969. The van der Waals surface area contributed by atoms with Gasteiger partial charge in [0.2, 0.25) is 0 Å². The molecule has 0 saturated carbocycles. The van der Waals surface area contributed by atoms with Crippen molar-refractivity contribution in [2.75, 3.05) is 19.6 Å². The van der Waals surface area contributed by atoms with E-state index < -0.39 is 11.3 Å². The van der Waals surface area contributed by atoms with Crippen LogP contribution < -0.4 is 10.8 Å². The quantitative estimate of drug-likeness (QED) is 0.689. The van der Waals surface area contributed by atoms with Gasteiger partial charge in [0.15, 0.2) is 5.69 Å². The Labute approximate surface area is 151 Å². The van der Waals surface area contributed by atoms with E-state index in [1.54, 1.807) is 18.2 Å². The molecule has 3 N–H and O–H groups in total. The number of hydrogen-bond donors (Lipinski definition) is 3. The first-order chi connectivity index (χ1) is 12.5. The molecule has 7 nitrogen and oxygen atoms in total. The van der Waals surface area contributed by atoms with Gasteiger partial charge in [-0.2, -0.15) is 5.23 Å². The van der Waals surface area contributed by atoms with Crippen molar-refractivity contribution < 1.29 is 15.5 Å². The topological polar surface area (TPSA) is 93.2 Å². The van der Waals surface area contributed by atoms with Crippen LogP contribution in [-0.2, 0) is 6.54 Å². The first kappa shape index (κ1) is 17.4. The number of quaternary nitrogens is 1. The molecule has 2 aliphatic rings. The molecular weight excluding hydrogens is 334 g/mol. The lowest BCUT2D eigenvalue weighted by molar-refractivity contribution is -0.991. The zero-order chi connectivity index (χ0) is 18.3. The number of likely N-dealkylation sites (tertiary alicyclic amines) is 1. The summed E-state index contributed by atoms with van der Waals surface area (Å²) >= 11 is 0. The van der Waals surface area contributed by atoms with Gasteiger partial charge in [-0.15, -0.1) is 0 Å². The number of hydrogen-bond acceptors (Lipinski definition) is 5. The molecule has 2 aliphatic heterocycles. The molecule has 4 atom stereocenters. The summed E-state index contributed by atoms with van der Waals surface area (Å²) in [6.07, 6.45) is 0.429. The number of nitrogens with zero attached hydrogens (tertiary/aromatic N) is 2. The van der Waals surface area contributed by atoms with Gasteiger partial charge >= 0.3 is 0 Å². The molecule has 138 valence electrons. The van der Waals surface area contributed by atoms with Gasteiger partial charge in [-0.3, -0.25) is 9.69 Å². The molecule has 4 rings (SSSR count). The molecule has 0 aliphatic carbocycles. The number of rotatable bonds is 4. The maximum atomic E-state index is 12.1. The van der Waals surface area contributed by atoms with Crippen molar-refractivity contribution in [2.24, 2.45) is 5.92 Å². The van der Waals surface area contributed by atoms with E-state index in [-0.39, 0.29) is 11.2 Å². The monoisotopic (exact) mass is 357 g/mol. The standard InChI is InChI=1S/C19H23N3O4/c23-18(14-4-6-16(7-5-14)22(25)26)12-20-9-13-8-15(11-20)17-2-1-3-19(24)21(17)10-13/h1-7,13,15,18,22-23,25H,8-12H2. The fourth-order valence-corrected chi connectivity index (χ4v) is 4.34. The van der Waals surface area contributed by atoms with Crippen LogP contribution in [0.2, 0.25) is 0 Å². The molecule has 1 fully saturated rings. The first-order valence-electron chi connectivity index (χ1n) is 8.94. The molecule has 1 aromatic carbocycles. The second-order valence-corrected chi connectivity index (χ2v) is 7.36. The minimum absolute atomic E-state index is 0.0733. The lowest BCUT2D eigenvalue weighted by Gasteiger charge is -2.43. The van der Waals surface area contributed by atoms with Crippen LogP contribution in [0, 0.1) is 11.1 Å². The summed E-state index contributed by atoms with van der Waals surface area (Å²) in [5.41, 5.74) is 2.11. The van der Waals surface area contributed by atoms with Gasteiger partial charge in [-0.05, 0) is 24.0 Å². The van der Waals surface area contributed by atoms with Crippen molar-refractivity contribution >= 4 is 5.69 Å². The van der Waals surface area contributed by atoms with E-state index in [1.165, 1.54) is 12.1 Å². The van der Waals surface area contributed by atoms with Gasteiger partial charge < -0.3 is 14.9 Å². The maximum absolute atomic E-state index is 12.1. The summed E-state index contributed by atoms with van der Waals surface area (Å²) < 4.78 is 1.90. The Hall–Kier alpha value is -2.03. The van der Waals surface area contributed by atoms with E-state index in [9.17, 15) is 15.1 Å². The molecule has 26 heavy (non-hydrogen) atoms. The Bertz CT molecular complexity index is 833. The highest BCUT2D eigenvalue weighted by Gasteiger charge is 2.35. The van der Waals surface area contributed by atoms with Crippen molar-refractivity contribution in [3.05, 3.63) is 69.3 Å². The Kier molecular flexibility index (Phi) is 4.64. The van der Waals surface area contributed by atoms with Gasteiger partial charge in [0.05, 0.1) is 6.10 Å². The molecule has 0 spiro atoms.